The van der Waals surface area contributed by atoms with Crippen LogP contribution in [0.5, 0.6) is 0 Å². The maximum atomic E-state index is 11.4. The van der Waals surface area contributed by atoms with Crippen molar-refractivity contribution in [3.8, 4) is 0 Å². The number of ether oxygens (including phenoxy) is 1. The van der Waals surface area contributed by atoms with Gasteiger partial charge < -0.3 is 4.74 Å². The van der Waals surface area contributed by atoms with Gasteiger partial charge in [-0.3, -0.25) is 14.4 Å². The molecule has 0 bridgehead atoms. The molecule has 1 aliphatic carbocycles. The lowest BCUT2D eigenvalue weighted by atomic mass is 9.64. The van der Waals surface area contributed by atoms with E-state index in [9.17, 15) is 14.4 Å². The average Bonchev–Trinajstić information content (AvgIpc) is 2.09. The number of hydrogen-bond donors (Lipinski definition) is 0. The lowest BCUT2D eigenvalue weighted by molar-refractivity contribution is -0.168. The minimum atomic E-state index is -1.14. The van der Waals surface area contributed by atoms with Crippen LogP contribution in [0.15, 0.2) is 0 Å². The molecule has 0 amide bonds. The third-order valence-corrected chi connectivity index (χ3v) is 2.43. The fourth-order valence-electron chi connectivity index (χ4n) is 1.61. The largest absolute Gasteiger partial charge is 0.468 e. The first-order valence-corrected chi connectivity index (χ1v) is 4.20. The summed E-state index contributed by atoms with van der Waals surface area (Å²) in [5, 5.41) is 0. The first-order chi connectivity index (χ1) is 6.06. The zero-order valence-corrected chi connectivity index (χ0v) is 7.75. The molecule has 0 radical (unpaired) electrons. The zero-order valence-electron chi connectivity index (χ0n) is 7.75. The second kappa shape index (κ2) is 3.28. The van der Waals surface area contributed by atoms with Crippen LogP contribution in [0.2, 0.25) is 0 Å². The molecular weight excluding hydrogens is 172 g/mol. The van der Waals surface area contributed by atoms with Gasteiger partial charge in [0, 0.05) is 19.3 Å². The highest BCUT2D eigenvalue weighted by molar-refractivity contribution is 6.14. The van der Waals surface area contributed by atoms with Gasteiger partial charge in [0.1, 0.15) is 11.2 Å². The summed E-state index contributed by atoms with van der Waals surface area (Å²) in [7, 11) is 1.23. The third kappa shape index (κ3) is 1.36. The number of rotatable bonds is 3. The molecule has 0 aliphatic heterocycles. The van der Waals surface area contributed by atoms with Gasteiger partial charge in [0.2, 0.25) is 0 Å². The van der Waals surface area contributed by atoms with E-state index in [1.807, 2.05) is 0 Å². The smallest absolute Gasteiger partial charge is 0.320 e. The summed E-state index contributed by atoms with van der Waals surface area (Å²) in [6, 6.07) is 0. The van der Waals surface area contributed by atoms with Gasteiger partial charge in [-0.05, 0) is 0 Å². The summed E-state index contributed by atoms with van der Waals surface area (Å²) >= 11 is 0. The number of ketones is 2. The van der Waals surface area contributed by atoms with Crippen molar-refractivity contribution < 1.29 is 19.1 Å². The molecule has 1 aliphatic rings. The molecule has 0 atom stereocenters. The molecule has 0 N–H and O–H groups in total. The van der Waals surface area contributed by atoms with Crippen LogP contribution in [0.25, 0.3) is 0 Å². The van der Waals surface area contributed by atoms with Crippen LogP contribution < -0.4 is 0 Å². The van der Waals surface area contributed by atoms with Gasteiger partial charge in [-0.25, -0.2) is 0 Å². The highest BCUT2D eigenvalue weighted by atomic mass is 16.5. The second-order valence-electron chi connectivity index (χ2n) is 3.24. The highest BCUT2D eigenvalue weighted by Crippen LogP contribution is 2.40. The quantitative estimate of drug-likeness (QED) is 0.473. The van der Waals surface area contributed by atoms with Gasteiger partial charge >= 0.3 is 5.97 Å². The lowest BCUT2D eigenvalue weighted by Gasteiger charge is -2.35. The Morgan fingerprint density at radius 1 is 1.46 bits per heavy atom. The Bertz CT molecular complexity index is 241. The number of carbonyl (C=O) groups excluding carboxylic acids is 3. The van der Waals surface area contributed by atoms with E-state index >= 15 is 0 Å². The highest BCUT2D eigenvalue weighted by Gasteiger charge is 2.55. The topological polar surface area (TPSA) is 60.4 Å². The number of methoxy groups -OCH3 is 1. The summed E-state index contributed by atoms with van der Waals surface area (Å²) in [5.41, 5.74) is -1.14. The summed E-state index contributed by atoms with van der Waals surface area (Å²) in [6.45, 7) is 1.68. The number of esters is 1. The molecule has 4 nitrogen and oxygen atoms in total. The Labute approximate surface area is 76.3 Å². The molecule has 13 heavy (non-hydrogen) atoms. The van der Waals surface area contributed by atoms with Crippen LogP contribution in [-0.2, 0) is 19.1 Å². The van der Waals surface area contributed by atoms with Crippen LogP contribution in [0.1, 0.15) is 26.2 Å². The van der Waals surface area contributed by atoms with Crippen molar-refractivity contribution in [1.29, 1.82) is 0 Å². The Hall–Kier alpha value is -1.19. The van der Waals surface area contributed by atoms with E-state index in [1.54, 1.807) is 6.92 Å². The number of Topliss-reactive ketones (excluding diaryl/α,β-unsaturated/α-hetero) is 2. The van der Waals surface area contributed by atoms with Crippen molar-refractivity contribution in [2.45, 2.75) is 26.2 Å². The first kappa shape index (κ1) is 9.89. The molecule has 1 rings (SSSR count). The van der Waals surface area contributed by atoms with E-state index in [-0.39, 0.29) is 30.8 Å². The molecular formula is C9H12O4. The van der Waals surface area contributed by atoms with E-state index in [0.29, 0.717) is 0 Å². The van der Waals surface area contributed by atoms with E-state index in [0.717, 1.165) is 0 Å². The van der Waals surface area contributed by atoms with Gasteiger partial charge in [-0.15, -0.1) is 0 Å². The van der Waals surface area contributed by atoms with Crippen molar-refractivity contribution in [3.05, 3.63) is 0 Å². The molecule has 0 heterocycles. The number of carbonyl (C=O) groups is 3. The Balaban J connectivity index is 2.84. The van der Waals surface area contributed by atoms with Crippen molar-refractivity contribution in [2.75, 3.05) is 7.11 Å². The van der Waals surface area contributed by atoms with E-state index < -0.39 is 11.4 Å². The zero-order chi connectivity index (χ0) is 10.1. The van der Waals surface area contributed by atoms with Crippen molar-refractivity contribution in [2.24, 2.45) is 5.41 Å². The summed E-state index contributed by atoms with van der Waals surface area (Å²) in [4.78, 5) is 33.5. The number of hydrogen-bond acceptors (Lipinski definition) is 4. The first-order valence-electron chi connectivity index (χ1n) is 4.20. The maximum absolute atomic E-state index is 11.4. The molecule has 0 unspecified atom stereocenters. The SMILES string of the molecule is CCC(=O)C1(C(=O)OC)CC(=O)C1. The van der Waals surface area contributed by atoms with Crippen LogP contribution in [-0.4, -0.2) is 24.6 Å². The Kier molecular flexibility index (Phi) is 2.50. The molecule has 0 spiro atoms. The van der Waals surface area contributed by atoms with Gasteiger partial charge in [0.05, 0.1) is 7.11 Å². The van der Waals surface area contributed by atoms with Crippen molar-refractivity contribution >= 4 is 17.5 Å². The molecule has 1 saturated carbocycles. The molecule has 4 heteroatoms. The van der Waals surface area contributed by atoms with E-state index in [2.05, 4.69) is 4.74 Å². The fraction of sp³-hybridized carbons (Fsp3) is 0.667. The molecule has 0 aromatic heterocycles. The van der Waals surface area contributed by atoms with Crippen LogP contribution in [0, 0.1) is 5.41 Å². The molecule has 72 valence electrons. The fourth-order valence-corrected chi connectivity index (χ4v) is 1.61. The summed E-state index contributed by atoms with van der Waals surface area (Å²) in [5.74, 6) is -0.815. The monoisotopic (exact) mass is 184 g/mol. The normalized spacial score (nSPS) is 19.1. The second-order valence-corrected chi connectivity index (χ2v) is 3.24. The van der Waals surface area contributed by atoms with Crippen molar-refractivity contribution in [1.82, 2.24) is 0 Å². The Morgan fingerprint density at radius 3 is 2.31 bits per heavy atom. The Morgan fingerprint density at radius 2 is 2.00 bits per heavy atom. The minimum absolute atomic E-state index is 0.0202. The van der Waals surface area contributed by atoms with Crippen molar-refractivity contribution in [3.63, 3.8) is 0 Å². The molecule has 0 saturated heterocycles. The maximum Gasteiger partial charge on any atom is 0.320 e. The van der Waals surface area contributed by atoms with Gasteiger partial charge in [-0.1, -0.05) is 6.92 Å². The van der Waals surface area contributed by atoms with Gasteiger partial charge in [0.15, 0.2) is 5.78 Å². The summed E-state index contributed by atoms with van der Waals surface area (Å²) < 4.78 is 4.52. The predicted molar refractivity (Wildman–Crippen MR) is 44.0 cm³/mol. The lowest BCUT2D eigenvalue weighted by Crippen LogP contribution is -2.50. The molecule has 0 aromatic rings. The standard InChI is InChI=1S/C9H12O4/c1-3-7(11)9(8(12)13-2)4-6(10)5-9/h3-5H2,1-2H3. The predicted octanol–water partition coefficient (Wildman–Crippen LogP) is 0.488. The molecule has 1 fully saturated rings. The van der Waals surface area contributed by atoms with Crippen LogP contribution in [0.4, 0.5) is 0 Å². The summed E-state index contributed by atoms with van der Waals surface area (Å²) in [6.07, 6.45) is 0.307. The van der Waals surface area contributed by atoms with Crippen LogP contribution >= 0.6 is 0 Å². The van der Waals surface area contributed by atoms with Crippen LogP contribution in [0.3, 0.4) is 0 Å². The van der Waals surface area contributed by atoms with Gasteiger partial charge in [-0.2, -0.15) is 0 Å². The average molecular weight is 184 g/mol. The van der Waals surface area contributed by atoms with E-state index in [4.69, 9.17) is 0 Å². The van der Waals surface area contributed by atoms with E-state index in [1.165, 1.54) is 7.11 Å². The minimum Gasteiger partial charge on any atom is -0.468 e. The molecule has 0 aromatic carbocycles. The third-order valence-electron chi connectivity index (χ3n) is 2.43. The van der Waals surface area contributed by atoms with Gasteiger partial charge in [0.25, 0.3) is 0 Å².